The molecule has 4 N–H and O–H groups in total. The zero-order chi connectivity index (χ0) is 9.52. The number of furan rings is 1. The fourth-order valence-corrected chi connectivity index (χ4v) is 0.738. The van der Waals surface area contributed by atoms with Gasteiger partial charge >= 0.3 is 0 Å². The van der Waals surface area contributed by atoms with Crippen molar-refractivity contribution in [2.45, 2.75) is 0 Å². The molecule has 0 atom stereocenters. The van der Waals surface area contributed by atoms with Gasteiger partial charge in [0.2, 0.25) is 0 Å². The van der Waals surface area contributed by atoms with Crippen LogP contribution in [-0.2, 0) is 0 Å². The largest absolute Gasteiger partial charge is 0.473 e. The Morgan fingerprint density at radius 2 is 1.23 bits per heavy atom. The Hall–Kier alpha value is -1.90. The van der Waals surface area contributed by atoms with Crippen LogP contribution < -0.4 is 11.5 Å². The predicted octanol–water partition coefficient (Wildman–Crippen LogP) is 2.13. The van der Waals surface area contributed by atoms with Crippen LogP contribution in [0.3, 0.4) is 0 Å². The topological polar surface area (TPSA) is 65.2 Å². The molecule has 3 heteroatoms. The molecule has 0 aliphatic rings. The molecule has 1 aromatic heterocycles. The monoisotopic (exact) mass is 176 g/mol. The normalized spacial score (nSPS) is 8.62. The second-order valence-corrected chi connectivity index (χ2v) is 2.42. The van der Waals surface area contributed by atoms with Gasteiger partial charge in [-0.3, -0.25) is 0 Å². The molecule has 0 saturated heterocycles. The minimum Gasteiger partial charge on any atom is -0.473 e. The highest BCUT2D eigenvalue weighted by Gasteiger charge is 1.85. The fourth-order valence-electron chi connectivity index (χ4n) is 0.738. The number of rotatable bonds is 0. The fraction of sp³-hybridized carbons (Fsp3) is 0. The summed E-state index contributed by atoms with van der Waals surface area (Å²) < 4.78 is 4.58. The highest BCUT2D eigenvalue weighted by atomic mass is 16.3. The molecular weight excluding hydrogens is 164 g/mol. The first kappa shape index (κ1) is 9.19. The van der Waals surface area contributed by atoms with Crippen LogP contribution in [0.2, 0.25) is 0 Å². The van der Waals surface area contributed by atoms with Crippen LogP contribution in [0.1, 0.15) is 0 Å². The van der Waals surface area contributed by atoms with E-state index in [1.807, 2.05) is 24.3 Å². The Kier molecular flexibility index (Phi) is 3.45. The zero-order valence-electron chi connectivity index (χ0n) is 7.18. The first-order chi connectivity index (χ1) is 6.30. The lowest BCUT2D eigenvalue weighted by Crippen LogP contribution is -1.91. The van der Waals surface area contributed by atoms with Crippen LogP contribution in [0.25, 0.3) is 0 Å². The summed E-state index contributed by atoms with van der Waals surface area (Å²) in [5.41, 5.74) is 12.1. The van der Waals surface area contributed by atoms with E-state index in [1.54, 1.807) is 24.7 Å². The lowest BCUT2D eigenvalue weighted by molar-refractivity contribution is 0.567. The third-order valence-corrected chi connectivity index (χ3v) is 1.42. The van der Waals surface area contributed by atoms with Gasteiger partial charge < -0.3 is 15.9 Å². The number of benzene rings is 1. The Morgan fingerprint density at radius 1 is 0.769 bits per heavy atom. The Bertz CT molecular complexity index is 292. The van der Waals surface area contributed by atoms with Crippen molar-refractivity contribution < 1.29 is 4.42 Å². The van der Waals surface area contributed by atoms with E-state index in [-0.39, 0.29) is 0 Å². The van der Waals surface area contributed by atoms with E-state index >= 15 is 0 Å². The molecule has 0 saturated carbocycles. The Morgan fingerprint density at radius 3 is 1.46 bits per heavy atom. The molecule has 0 aliphatic heterocycles. The van der Waals surface area contributed by atoms with E-state index in [9.17, 15) is 0 Å². The summed E-state index contributed by atoms with van der Waals surface area (Å²) in [6.07, 6.45) is 3.25. The number of para-hydroxylation sites is 2. The van der Waals surface area contributed by atoms with E-state index in [0.29, 0.717) is 11.4 Å². The average Bonchev–Trinajstić information content (AvgIpc) is 2.68. The molecule has 0 fully saturated rings. The standard InChI is InChI=1S/C6H8N2.C4H4O/c7-5-3-1-2-4-6(5)8;1-2-4-5-3-1/h1-4H,7-8H2;1-4H. The summed E-state index contributed by atoms with van der Waals surface area (Å²) >= 11 is 0. The Labute approximate surface area is 77.0 Å². The third-order valence-electron chi connectivity index (χ3n) is 1.42. The Balaban J connectivity index is 0.000000145. The van der Waals surface area contributed by atoms with Crippen molar-refractivity contribution in [1.29, 1.82) is 0 Å². The number of anilines is 2. The summed E-state index contributed by atoms with van der Waals surface area (Å²) in [4.78, 5) is 0. The average molecular weight is 176 g/mol. The molecule has 3 nitrogen and oxygen atoms in total. The number of hydrogen-bond acceptors (Lipinski definition) is 3. The number of hydrogen-bond donors (Lipinski definition) is 2. The molecule has 0 radical (unpaired) electrons. The van der Waals surface area contributed by atoms with Crippen LogP contribution in [0.5, 0.6) is 0 Å². The van der Waals surface area contributed by atoms with E-state index in [4.69, 9.17) is 11.5 Å². The van der Waals surface area contributed by atoms with Gasteiger partial charge in [0.05, 0.1) is 23.9 Å². The molecule has 0 unspecified atom stereocenters. The van der Waals surface area contributed by atoms with Crippen LogP contribution in [0, 0.1) is 0 Å². The number of nitrogen functional groups attached to an aromatic ring is 2. The second-order valence-electron chi connectivity index (χ2n) is 2.42. The van der Waals surface area contributed by atoms with Gasteiger partial charge in [0.25, 0.3) is 0 Å². The minimum atomic E-state index is 0.646. The van der Waals surface area contributed by atoms with Crippen molar-refractivity contribution in [1.82, 2.24) is 0 Å². The van der Waals surface area contributed by atoms with Crippen molar-refractivity contribution in [3.05, 3.63) is 48.9 Å². The molecule has 0 amide bonds. The summed E-state index contributed by atoms with van der Waals surface area (Å²) in [5.74, 6) is 0. The second kappa shape index (κ2) is 4.87. The maximum atomic E-state index is 5.39. The molecule has 0 aliphatic carbocycles. The molecule has 2 aromatic rings. The van der Waals surface area contributed by atoms with Crippen LogP contribution in [0.15, 0.2) is 53.3 Å². The molecule has 13 heavy (non-hydrogen) atoms. The summed E-state index contributed by atoms with van der Waals surface area (Å²) in [6, 6.07) is 10.9. The highest BCUT2D eigenvalue weighted by molar-refractivity contribution is 5.62. The predicted molar refractivity (Wildman–Crippen MR) is 54.0 cm³/mol. The van der Waals surface area contributed by atoms with E-state index < -0.39 is 0 Å². The summed E-state index contributed by atoms with van der Waals surface area (Å²) in [7, 11) is 0. The van der Waals surface area contributed by atoms with Gasteiger partial charge in [-0.2, -0.15) is 0 Å². The van der Waals surface area contributed by atoms with Crippen molar-refractivity contribution in [2.75, 3.05) is 11.5 Å². The van der Waals surface area contributed by atoms with Crippen molar-refractivity contribution in [3.63, 3.8) is 0 Å². The SMILES string of the molecule is Nc1ccccc1N.c1ccoc1. The maximum absolute atomic E-state index is 5.39. The molecule has 2 rings (SSSR count). The molecule has 68 valence electrons. The quantitative estimate of drug-likeness (QED) is 0.604. The molecule has 0 spiro atoms. The minimum absolute atomic E-state index is 0.646. The molecule has 1 heterocycles. The highest BCUT2D eigenvalue weighted by Crippen LogP contribution is 2.10. The lowest BCUT2D eigenvalue weighted by Gasteiger charge is -1.94. The van der Waals surface area contributed by atoms with Crippen LogP contribution in [-0.4, -0.2) is 0 Å². The van der Waals surface area contributed by atoms with Crippen LogP contribution in [0.4, 0.5) is 11.4 Å². The van der Waals surface area contributed by atoms with Gasteiger partial charge in [0.15, 0.2) is 0 Å². The van der Waals surface area contributed by atoms with Crippen LogP contribution >= 0.6 is 0 Å². The van der Waals surface area contributed by atoms with Crippen molar-refractivity contribution in [3.8, 4) is 0 Å². The van der Waals surface area contributed by atoms with E-state index in [0.717, 1.165) is 0 Å². The zero-order valence-corrected chi connectivity index (χ0v) is 7.18. The maximum Gasteiger partial charge on any atom is 0.0902 e. The smallest absolute Gasteiger partial charge is 0.0902 e. The van der Waals surface area contributed by atoms with Gasteiger partial charge in [-0.05, 0) is 24.3 Å². The number of nitrogens with two attached hydrogens (primary N) is 2. The van der Waals surface area contributed by atoms with Crippen molar-refractivity contribution in [2.24, 2.45) is 0 Å². The summed E-state index contributed by atoms with van der Waals surface area (Å²) in [5, 5.41) is 0. The van der Waals surface area contributed by atoms with Gasteiger partial charge in [-0.25, -0.2) is 0 Å². The van der Waals surface area contributed by atoms with Crippen molar-refractivity contribution >= 4 is 11.4 Å². The molecule has 1 aromatic carbocycles. The first-order valence-corrected chi connectivity index (χ1v) is 3.88. The first-order valence-electron chi connectivity index (χ1n) is 3.88. The van der Waals surface area contributed by atoms with Gasteiger partial charge in [-0.15, -0.1) is 0 Å². The third kappa shape index (κ3) is 3.33. The van der Waals surface area contributed by atoms with Gasteiger partial charge in [0.1, 0.15) is 0 Å². The van der Waals surface area contributed by atoms with Gasteiger partial charge in [-0.1, -0.05) is 12.1 Å². The molecule has 0 bridgehead atoms. The summed E-state index contributed by atoms with van der Waals surface area (Å²) in [6.45, 7) is 0. The lowest BCUT2D eigenvalue weighted by atomic mass is 10.3. The van der Waals surface area contributed by atoms with E-state index in [1.165, 1.54) is 0 Å². The molecular formula is C10H12N2O. The van der Waals surface area contributed by atoms with E-state index in [2.05, 4.69) is 4.42 Å². The van der Waals surface area contributed by atoms with Gasteiger partial charge in [0, 0.05) is 0 Å².